The number of hydrogen-bond acceptors (Lipinski definition) is 5. The van der Waals surface area contributed by atoms with Gasteiger partial charge in [-0.1, -0.05) is 36.0 Å². The van der Waals surface area contributed by atoms with Crippen LogP contribution in [0.5, 0.6) is 0 Å². The molecule has 0 aliphatic carbocycles. The van der Waals surface area contributed by atoms with Crippen molar-refractivity contribution in [3.63, 3.8) is 0 Å². The third-order valence-corrected chi connectivity index (χ3v) is 7.26. The standard InChI is InChI=1S/C24H21F3N4O2S/c1-31-21(27)11-19(30-31)20-9-15-12-34-23(28-22(32)14-5-3-2-4-6-14)29-24(15,13-33-20)17-8-7-16(25)10-18(17)26/h2-8,10-11,15,20H,9,12-13H2,1H3,(H,28,29,32)/t15-,20+,24-/m0/s1. The van der Waals surface area contributed by atoms with Gasteiger partial charge in [-0.15, -0.1) is 0 Å². The summed E-state index contributed by atoms with van der Waals surface area (Å²) in [6.45, 7) is -0.0334. The second-order valence-corrected chi connectivity index (χ2v) is 9.35. The van der Waals surface area contributed by atoms with Gasteiger partial charge in [-0.05, 0) is 24.6 Å². The van der Waals surface area contributed by atoms with Gasteiger partial charge in [-0.2, -0.15) is 9.49 Å². The lowest BCUT2D eigenvalue weighted by Gasteiger charge is -2.46. The zero-order chi connectivity index (χ0) is 23.9. The zero-order valence-electron chi connectivity index (χ0n) is 18.2. The topological polar surface area (TPSA) is 68.5 Å². The van der Waals surface area contributed by atoms with Crippen LogP contribution in [0.2, 0.25) is 0 Å². The number of carbonyl (C=O) groups is 1. The van der Waals surface area contributed by atoms with Crippen LogP contribution in [0.4, 0.5) is 13.2 Å². The van der Waals surface area contributed by atoms with E-state index in [-0.39, 0.29) is 24.0 Å². The largest absolute Gasteiger partial charge is 0.369 e. The first-order valence-corrected chi connectivity index (χ1v) is 11.7. The number of aryl methyl sites for hydroxylation is 1. The molecule has 3 heterocycles. The van der Waals surface area contributed by atoms with Crippen molar-refractivity contribution in [1.82, 2.24) is 15.1 Å². The number of carbonyl (C=O) groups excluding carboxylic acids is 1. The number of halogens is 3. The van der Waals surface area contributed by atoms with E-state index in [4.69, 9.17) is 9.73 Å². The highest BCUT2D eigenvalue weighted by Crippen LogP contribution is 2.49. The first-order chi connectivity index (χ1) is 16.4. The smallest absolute Gasteiger partial charge is 0.257 e. The molecule has 1 N–H and O–H groups in total. The Kier molecular flexibility index (Phi) is 5.95. The number of benzene rings is 2. The van der Waals surface area contributed by atoms with Gasteiger partial charge in [0.15, 0.2) is 5.17 Å². The van der Waals surface area contributed by atoms with Gasteiger partial charge in [0.2, 0.25) is 5.95 Å². The van der Waals surface area contributed by atoms with E-state index in [2.05, 4.69) is 10.4 Å². The molecule has 0 bridgehead atoms. The van der Waals surface area contributed by atoms with Gasteiger partial charge in [-0.3, -0.25) is 4.79 Å². The Morgan fingerprint density at radius 2 is 1.97 bits per heavy atom. The monoisotopic (exact) mass is 486 g/mol. The number of aliphatic imine (C=N–C) groups is 1. The molecule has 3 aromatic rings. The second-order valence-electron chi connectivity index (χ2n) is 8.34. The summed E-state index contributed by atoms with van der Waals surface area (Å²) < 4.78 is 49.7. The summed E-state index contributed by atoms with van der Waals surface area (Å²) >= 11 is 1.35. The van der Waals surface area contributed by atoms with Gasteiger partial charge in [0.05, 0.1) is 12.3 Å². The molecule has 10 heteroatoms. The maximum absolute atomic E-state index is 15.0. The zero-order valence-corrected chi connectivity index (χ0v) is 19.0. The van der Waals surface area contributed by atoms with Crippen LogP contribution < -0.4 is 5.32 Å². The van der Waals surface area contributed by atoms with Crippen LogP contribution in [0.3, 0.4) is 0 Å². The average molecular weight is 487 g/mol. The van der Waals surface area contributed by atoms with E-state index >= 15 is 4.39 Å². The number of nitrogens with one attached hydrogen (secondary N) is 1. The lowest BCUT2D eigenvalue weighted by molar-refractivity contribution is -0.0608. The van der Waals surface area contributed by atoms with Crippen molar-refractivity contribution in [3.8, 4) is 0 Å². The van der Waals surface area contributed by atoms with Gasteiger partial charge in [0.25, 0.3) is 5.91 Å². The van der Waals surface area contributed by atoms with Crippen LogP contribution in [0.1, 0.15) is 34.1 Å². The number of amidine groups is 1. The summed E-state index contributed by atoms with van der Waals surface area (Å²) in [6, 6.07) is 13.4. The number of thioether (sulfide) groups is 1. The lowest BCUT2D eigenvalue weighted by Crippen LogP contribution is -2.49. The fourth-order valence-corrected chi connectivity index (χ4v) is 5.60. The van der Waals surface area contributed by atoms with Crippen LogP contribution in [0, 0.1) is 23.5 Å². The molecule has 0 saturated carbocycles. The molecule has 0 spiro atoms. The number of hydrogen-bond donors (Lipinski definition) is 1. The molecule has 1 saturated heterocycles. The summed E-state index contributed by atoms with van der Waals surface area (Å²) in [5.74, 6) is -1.97. The van der Waals surface area contributed by atoms with Gasteiger partial charge < -0.3 is 10.1 Å². The average Bonchev–Trinajstić information content (AvgIpc) is 3.17. The third kappa shape index (κ3) is 4.12. The molecule has 3 atom stereocenters. The van der Waals surface area contributed by atoms with Crippen molar-refractivity contribution in [3.05, 3.63) is 89.0 Å². The molecule has 0 radical (unpaired) electrons. The predicted molar refractivity (Wildman–Crippen MR) is 122 cm³/mol. The molecule has 1 aromatic heterocycles. The van der Waals surface area contributed by atoms with E-state index in [9.17, 15) is 13.6 Å². The van der Waals surface area contributed by atoms with Crippen molar-refractivity contribution < 1.29 is 22.7 Å². The van der Waals surface area contributed by atoms with E-state index < -0.39 is 29.2 Å². The normalized spacial score (nSPS) is 24.3. The van der Waals surface area contributed by atoms with Crippen molar-refractivity contribution in [2.45, 2.75) is 18.1 Å². The van der Waals surface area contributed by atoms with Gasteiger partial charge in [0.1, 0.15) is 23.3 Å². The van der Waals surface area contributed by atoms with Crippen LogP contribution in [0.15, 0.2) is 59.6 Å². The summed E-state index contributed by atoms with van der Waals surface area (Å²) in [6.07, 6.45) is -0.0856. The molecule has 5 rings (SSSR count). The molecular formula is C24H21F3N4O2S. The fourth-order valence-electron chi connectivity index (χ4n) is 4.44. The Morgan fingerprint density at radius 1 is 1.18 bits per heavy atom. The molecule has 34 heavy (non-hydrogen) atoms. The number of fused-ring (bicyclic) bond motifs is 1. The summed E-state index contributed by atoms with van der Waals surface area (Å²) in [7, 11) is 1.50. The van der Waals surface area contributed by atoms with E-state index in [1.54, 1.807) is 24.3 Å². The Morgan fingerprint density at radius 3 is 2.68 bits per heavy atom. The highest BCUT2D eigenvalue weighted by atomic mass is 32.2. The Labute approximate surface area is 198 Å². The predicted octanol–water partition coefficient (Wildman–Crippen LogP) is 4.34. The van der Waals surface area contributed by atoms with Crippen molar-refractivity contribution >= 4 is 22.8 Å². The second kappa shape index (κ2) is 8.92. The molecule has 2 aromatic carbocycles. The Balaban J connectivity index is 1.50. The maximum atomic E-state index is 15.0. The lowest BCUT2D eigenvalue weighted by atomic mass is 9.74. The molecule has 0 unspecified atom stereocenters. The van der Waals surface area contributed by atoms with Crippen molar-refractivity contribution in [2.24, 2.45) is 18.0 Å². The van der Waals surface area contributed by atoms with Gasteiger partial charge in [0, 0.05) is 42.0 Å². The number of rotatable bonds is 3. The molecule has 176 valence electrons. The quantitative estimate of drug-likeness (QED) is 0.598. The highest BCUT2D eigenvalue weighted by Gasteiger charge is 2.50. The first kappa shape index (κ1) is 22.7. The van der Waals surface area contributed by atoms with E-state index in [1.165, 1.54) is 37.0 Å². The van der Waals surface area contributed by atoms with Crippen LogP contribution in [-0.2, 0) is 17.3 Å². The van der Waals surface area contributed by atoms with Crippen molar-refractivity contribution in [1.29, 1.82) is 0 Å². The van der Waals surface area contributed by atoms with Gasteiger partial charge >= 0.3 is 0 Å². The van der Waals surface area contributed by atoms with Crippen LogP contribution >= 0.6 is 11.8 Å². The first-order valence-electron chi connectivity index (χ1n) is 10.7. The number of aromatic nitrogens is 2. The van der Waals surface area contributed by atoms with Gasteiger partial charge in [-0.25, -0.2) is 18.5 Å². The Bertz CT molecular complexity index is 1250. The molecule has 2 aliphatic heterocycles. The van der Waals surface area contributed by atoms with E-state index in [0.29, 0.717) is 28.6 Å². The Hall–Kier alpha value is -3.11. The van der Waals surface area contributed by atoms with Crippen molar-refractivity contribution in [2.75, 3.05) is 12.4 Å². The number of amides is 1. The summed E-state index contributed by atoms with van der Waals surface area (Å²) in [5, 5.41) is 7.31. The molecule has 1 amide bonds. The minimum Gasteiger partial charge on any atom is -0.369 e. The number of ether oxygens (including phenoxy) is 1. The SMILES string of the molecule is Cn1nc([C@H]2C[C@H]3CSC(NC(=O)c4ccccc4)=N[C@@]3(c3ccc(F)cc3F)CO2)cc1F. The van der Waals surface area contributed by atoms with E-state index in [0.717, 1.165) is 10.7 Å². The van der Waals surface area contributed by atoms with Crippen LogP contribution in [-0.4, -0.2) is 33.2 Å². The molecule has 2 aliphatic rings. The molecule has 6 nitrogen and oxygen atoms in total. The number of nitrogens with zero attached hydrogens (tertiary/aromatic N) is 3. The summed E-state index contributed by atoms with van der Waals surface area (Å²) in [4.78, 5) is 17.5. The highest BCUT2D eigenvalue weighted by molar-refractivity contribution is 8.13. The van der Waals surface area contributed by atoms with E-state index in [1.807, 2.05) is 6.07 Å². The molecule has 1 fully saturated rings. The molecular weight excluding hydrogens is 465 g/mol. The fraction of sp³-hybridized carbons (Fsp3) is 0.292. The minimum atomic E-state index is -1.17. The van der Waals surface area contributed by atoms with Crippen LogP contribution in [0.25, 0.3) is 0 Å². The minimum absolute atomic E-state index is 0.0334. The third-order valence-electron chi connectivity index (χ3n) is 6.23. The maximum Gasteiger partial charge on any atom is 0.257 e. The summed E-state index contributed by atoms with van der Waals surface area (Å²) in [5.41, 5.74) is -0.0691.